The number of benzene rings is 1. The fraction of sp³-hybridized carbons (Fsp3) is 0.571. The molecule has 0 aromatic heterocycles. The van der Waals surface area contributed by atoms with Gasteiger partial charge in [-0.1, -0.05) is 6.07 Å². The second kappa shape index (κ2) is 4.62. The highest BCUT2D eigenvalue weighted by atomic mass is 79.9. The zero-order chi connectivity index (χ0) is 11.8. The van der Waals surface area contributed by atoms with Crippen LogP contribution in [0.4, 0.5) is 5.69 Å². The lowest BCUT2D eigenvalue weighted by atomic mass is 10.1. The Morgan fingerprint density at radius 2 is 2.18 bits per heavy atom. The van der Waals surface area contributed by atoms with Gasteiger partial charge in [-0.2, -0.15) is 0 Å². The molecule has 2 aliphatic heterocycles. The van der Waals surface area contributed by atoms with Crippen molar-refractivity contribution in [1.29, 1.82) is 0 Å². The molecular weight excluding hydrogens is 276 g/mol. The smallest absolute Gasteiger partial charge is 0.0487 e. The molecule has 0 saturated carbocycles. The summed E-state index contributed by atoms with van der Waals surface area (Å²) in [5.41, 5.74) is 2.55. The second-order valence-corrected chi connectivity index (χ2v) is 6.12. The van der Waals surface area contributed by atoms with Crippen molar-refractivity contribution < 1.29 is 0 Å². The highest BCUT2D eigenvalue weighted by Crippen LogP contribution is 2.32. The highest BCUT2D eigenvalue weighted by molar-refractivity contribution is 9.10. The van der Waals surface area contributed by atoms with Crippen molar-refractivity contribution in [2.24, 2.45) is 0 Å². The number of hydrogen-bond donors (Lipinski definition) is 1. The van der Waals surface area contributed by atoms with E-state index in [0.717, 1.165) is 6.04 Å². The Bertz CT molecular complexity index is 419. The zero-order valence-electron chi connectivity index (χ0n) is 10.2. The molecule has 17 heavy (non-hydrogen) atoms. The van der Waals surface area contributed by atoms with Gasteiger partial charge in [-0.15, -0.1) is 0 Å². The largest absolute Gasteiger partial charge is 0.380 e. The van der Waals surface area contributed by atoms with E-state index in [1.807, 2.05) is 0 Å². The predicted molar refractivity (Wildman–Crippen MR) is 75.5 cm³/mol. The average molecular weight is 295 g/mol. The van der Waals surface area contributed by atoms with E-state index in [9.17, 15) is 0 Å². The Morgan fingerprint density at radius 3 is 3.00 bits per heavy atom. The molecule has 0 spiro atoms. The van der Waals surface area contributed by atoms with E-state index in [2.05, 4.69) is 51.3 Å². The molecule has 2 nitrogen and oxygen atoms in total. The van der Waals surface area contributed by atoms with Gasteiger partial charge >= 0.3 is 0 Å². The summed E-state index contributed by atoms with van der Waals surface area (Å²) in [6.45, 7) is 4.70. The standard InChI is InChI=1S/C14H19BrN2/c1-10-4-5-12(11(15)9-10)16-13-6-8-17-7-2-3-14(13)17/h4-5,9,13-14,16H,2-3,6-8H2,1H3. The Hall–Kier alpha value is -0.540. The number of nitrogens with zero attached hydrogens (tertiary/aromatic N) is 1. The van der Waals surface area contributed by atoms with Crippen LogP contribution < -0.4 is 5.32 Å². The van der Waals surface area contributed by atoms with Crippen molar-refractivity contribution in [1.82, 2.24) is 4.90 Å². The lowest BCUT2D eigenvalue weighted by Gasteiger charge is -2.23. The molecule has 0 aliphatic carbocycles. The Kier molecular flexibility index (Phi) is 3.14. The molecular formula is C14H19BrN2. The topological polar surface area (TPSA) is 15.3 Å². The van der Waals surface area contributed by atoms with E-state index >= 15 is 0 Å². The Labute approximate surface area is 112 Å². The van der Waals surface area contributed by atoms with E-state index < -0.39 is 0 Å². The SMILES string of the molecule is Cc1ccc(NC2CCN3CCCC23)c(Br)c1. The van der Waals surface area contributed by atoms with Crippen LogP contribution in [0.5, 0.6) is 0 Å². The first kappa shape index (κ1) is 11.5. The van der Waals surface area contributed by atoms with Crippen molar-refractivity contribution in [2.45, 2.75) is 38.3 Å². The van der Waals surface area contributed by atoms with Crippen molar-refractivity contribution in [3.8, 4) is 0 Å². The van der Waals surface area contributed by atoms with Crippen LogP contribution in [-0.4, -0.2) is 30.1 Å². The van der Waals surface area contributed by atoms with Gasteiger partial charge in [0.05, 0.1) is 0 Å². The summed E-state index contributed by atoms with van der Waals surface area (Å²) in [5, 5.41) is 3.72. The van der Waals surface area contributed by atoms with Gasteiger partial charge in [0, 0.05) is 28.8 Å². The number of hydrogen-bond acceptors (Lipinski definition) is 2. The molecule has 2 unspecified atom stereocenters. The summed E-state index contributed by atoms with van der Waals surface area (Å²) < 4.78 is 1.19. The predicted octanol–water partition coefficient (Wildman–Crippen LogP) is 3.41. The van der Waals surface area contributed by atoms with E-state index in [-0.39, 0.29) is 0 Å². The quantitative estimate of drug-likeness (QED) is 0.899. The van der Waals surface area contributed by atoms with Crippen molar-refractivity contribution in [3.63, 3.8) is 0 Å². The fourth-order valence-corrected chi connectivity index (χ4v) is 3.80. The van der Waals surface area contributed by atoms with Crippen LogP contribution >= 0.6 is 15.9 Å². The van der Waals surface area contributed by atoms with Crippen LogP contribution in [0.15, 0.2) is 22.7 Å². The summed E-state index contributed by atoms with van der Waals surface area (Å²) >= 11 is 3.65. The van der Waals surface area contributed by atoms with Gasteiger partial charge in [0.1, 0.15) is 0 Å². The molecule has 2 fully saturated rings. The molecule has 3 heteroatoms. The van der Waals surface area contributed by atoms with Gasteiger partial charge in [-0.25, -0.2) is 0 Å². The van der Waals surface area contributed by atoms with Gasteiger partial charge < -0.3 is 5.32 Å². The summed E-state index contributed by atoms with van der Waals surface area (Å²) in [5.74, 6) is 0. The molecule has 1 aromatic carbocycles. The van der Waals surface area contributed by atoms with Crippen molar-refractivity contribution >= 4 is 21.6 Å². The first-order valence-corrected chi connectivity index (χ1v) is 7.30. The molecule has 92 valence electrons. The van der Waals surface area contributed by atoms with E-state index in [1.165, 1.54) is 48.1 Å². The second-order valence-electron chi connectivity index (χ2n) is 5.27. The maximum Gasteiger partial charge on any atom is 0.0487 e. The number of halogens is 1. The van der Waals surface area contributed by atoms with Gasteiger partial charge in [-0.3, -0.25) is 4.90 Å². The molecule has 1 N–H and O–H groups in total. The van der Waals surface area contributed by atoms with Gasteiger partial charge in [0.2, 0.25) is 0 Å². The molecule has 2 atom stereocenters. The van der Waals surface area contributed by atoms with Crippen molar-refractivity contribution in [3.05, 3.63) is 28.2 Å². The van der Waals surface area contributed by atoms with Crippen LogP contribution in [0.1, 0.15) is 24.8 Å². The maximum atomic E-state index is 3.72. The van der Waals surface area contributed by atoms with Gasteiger partial charge in [-0.05, 0) is 66.4 Å². The molecule has 0 amide bonds. The molecule has 0 bridgehead atoms. The van der Waals surface area contributed by atoms with E-state index in [4.69, 9.17) is 0 Å². The third-order valence-electron chi connectivity index (χ3n) is 4.07. The number of rotatable bonds is 2. The van der Waals surface area contributed by atoms with Gasteiger partial charge in [0.15, 0.2) is 0 Å². The monoisotopic (exact) mass is 294 g/mol. The minimum atomic E-state index is 0.636. The van der Waals surface area contributed by atoms with E-state index in [1.54, 1.807) is 0 Å². The minimum absolute atomic E-state index is 0.636. The summed E-state index contributed by atoms with van der Waals surface area (Å²) in [6, 6.07) is 7.95. The summed E-state index contributed by atoms with van der Waals surface area (Å²) in [7, 11) is 0. The van der Waals surface area contributed by atoms with Crippen LogP contribution in [-0.2, 0) is 0 Å². The van der Waals surface area contributed by atoms with Crippen molar-refractivity contribution in [2.75, 3.05) is 18.4 Å². The third kappa shape index (κ3) is 2.23. The van der Waals surface area contributed by atoms with Crippen LogP contribution in [0.3, 0.4) is 0 Å². The molecule has 2 saturated heterocycles. The number of aryl methyl sites for hydroxylation is 1. The summed E-state index contributed by atoms with van der Waals surface area (Å²) in [6.07, 6.45) is 4.02. The molecule has 3 rings (SSSR count). The van der Waals surface area contributed by atoms with Crippen LogP contribution in [0, 0.1) is 6.92 Å². The lowest BCUT2D eigenvalue weighted by Crippen LogP contribution is -2.33. The van der Waals surface area contributed by atoms with Crippen LogP contribution in [0.2, 0.25) is 0 Å². The Morgan fingerprint density at radius 1 is 1.29 bits per heavy atom. The third-order valence-corrected chi connectivity index (χ3v) is 4.73. The van der Waals surface area contributed by atoms with Gasteiger partial charge in [0.25, 0.3) is 0 Å². The lowest BCUT2D eigenvalue weighted by molar-refractivity contribution is 0.318. The minimum Gasteiger partial charge on any atom is -0.380 e. The number of nitrogens with one attached hydrogen (secondary N) is 1. The first-order chi connectivity index (χ1) is 8.24. The number of anilines is 1. The zero-order valence-corrected chi connectivity index (χ0v) is 11.8. The molecule has 2 heterocycles. The highest BCUT2D eigenvalue weighted by Gasteiger charge is 2.37. The number of fused-ring (bicyclic) bond motifs is 1. The summed E-state index contributed by atoms with van der Waals surface area (Å²) in [4.78, 5) is 2.64. The maximum absolute atomic E-state index is 3.72. The Balaban J connectivity index is 1.74. The van der Waals surface area contributed by atoms with E-state index in [0.29, 0.717) is 6.04 Å². The fourth-order valence-electron chi connectivity index (χ4n) is 3.19. The molecule has 0 radical (unpaired) electrons. The normalized spacial score (nSPS) is 28.4. The molecule has 2 aliphatic rings. The molecule has 1 aromatic rings. The average Bonchev–Trinajstić information content (AvgIpc) is 2.86. The van der Waals surface area contributed by atoms with Crippen LogP contribution in [0.25, 0.3) is 0 Å². The first-order valence-electron chi connectivity index (χ1n) is 6.51.